The standard InChI is InChI=1S/C15H24BN3/c1-10-2-7-14-18-15(13(8-17)19(14)9-10)11-3-5-12(16)6-4-11/h2,7,9,11-15,18H,3-6,8,17H2,1H3. The van der Waals surface area contributed by atoms with Gasteiger partial charge in [-0.3, -0.25) is 5.32 Å². The summed E-state index contributed by atoms with van der Waals surface area (Å²) in [7, 11) is 6.02. The molecule has 1 aliphatic carbocycles. The molecule has 2 radical (unpaired) electrons. The molecule has 0 aromatic heterocycles. The molecule has 0 bridgehead atoms. The molecule has 3 unspecified atom stereocenters. The van der Waals surface area contributed by atoms with E-state index in [1.54, 1.807) is 0 Å². The van der Waals surface area contributed by atoms with E-state index in [1.165, 1.54) is 18.4 Å². The lowest BCUT2D eigenvalue weighted by Gasteiger charge is -2.35. The van der Waals surface area contributed by atoms with Gasteiger partial charge in [-0.2, -0.15) is 0 Å². The van der Waals surface area contributed by atoms with Gasteiger partial charge in [0.1, 0.15) is 0 Å². The highest BCUT2D eigenvalue weighted by molar-refractivity contribution is 6.11. The zero-order valence-corrected chi connectivity index (χ0v) is 11.8. The Bertz CT molecular complexity index is 385. The molecular weight excluding hydrogens is 233 g/mol. The monoisotopic (exact) mass is 257 g/mol. The van der Waals surface area contributed by atoms with Crippen LogP contribution in [0.2, 0.25) is 5.82 Å². The Balaban J connectivity index is 1.74. The molecule has 2 aliphatic heterocycles. The van der Waals surface area contributed by atoms with Crippen LogP contribution in [0.15, 0.2) is 23.9 Å². The second kappa shape index (κ2) is 5.33. The maximum atomic E-state index is 6.05. The van der Waals surface area contributed by atoms with Crippen molar-refractivity contribution < 1.29 is 0 Å². The van der Waals surface area contributed by atoms with E-state index in [2.05, 4.69) is 35.5 Å². The van der Waals surface area contributed by atoms with Gasteiger partial charge in [0.25, 0.3) is 0 Å². The molecule has 3 nitrogen and oxygen atoms in total. The highest BCUT2D eigenvalue weighted by Gasteiger charge is 2.42. The van der Waals surface area contributed by atoms with Gasteiger partial charge in [-0.1, -0.05) is 24.7 Å². The van der Waals surface area contributed by atoms with Crippen LogP contribution in [0.1, 0.15) is 32.6 Å². The van der Waals surface area contributed by atoms with E-state index >= 15 is 0 Å². The molecule has 1 saturated carbocycles. The average molecular weight is 257 g/mol. The molecule has 0 spiro atoms. The van der Waals surface area contributed by atoms with Crippen LogP contribution in [0.3, 0.4) is 0 Å². The minimum Gasteiger partial charge on any atom is -0.353 e. The predicted molar refractivity (Wildman–Crippen MR) is 79.8 cm³/mol. The number of nitrogens with two attached hydrogens (primary N) is 1. The Morgan fingerprint density at radius 1 is 1.37 bits per heavy atom. The lowest BCUT2D eigenvalue weighted by molar-refractivity contribution is 0.238. The number of nitrogens with one attached hydrogen (secondary N) is 1. The van der Waals surface area contributed by atoms with Gasteiger partial charge in [0.2, 0.25) is 0 Å². The lowest BCUT2D eigenvalue weighted by Crippen LogP contribution is -2.45. The zero-order valence-electron chi connectivity index (χ0n) is 11.8. The number of nitrogens with zero attached hydrogens (tertiary/aromatic N) is 1. The fraction of sp³-hybridized carbons (Fsp3) is 0.733. The molecule has 0 aromatic rings. The summed E-state index contributed by atoms with van der Waals surface area (Å²) in [6, 6.07) is 0.929. The highest BCUT2D eigenvalue weighted by atomic mass is 15.4. The quantitative estimate of drug-likeness (QED) is 0.737. The van der Waals surface area contributed by atoms with Crippen molar-refractivity contribution in [3.05, 3.63) is 23.9 Å². The van der Waals surface area contributed by atoms with Crippen molar-refractivity contribution in [1.82, 2.24) is 10.2 Å². The summed E-state index contributed by atoms with van der Waals surface area (Å²) in [4.78, 5) is 2.41. The van der Waals surface area contributed by atoms with Crippen LogP contribution in [-0.4, -0.2) is 37.5 Å². The van der Waals surface area contributed by atoms with E-state index in [1.807, 2.05) is 0 Å². The summed E-state index contributed by atoms with van der Waals surface area (Å²) in [5, 5.41) is 3.77. The summed E-state index contributed by atoms with van der Waals surface area (Å²) < 4.78 is 0. The van der Waals surface area contributed by atoms with Crippen LogP contribution < -0.4 is 11.1 Å². The number of hydrogen-bond donors (Lipinski definition) is 2. The molecule has 3 rings (SSSR count). The fourth-order valence-corrected chi connectivity index (χ4v) is 3.86. The highest BCUT2D eigenvalue weighted by Crippen LogP contribution is 2.37. The largest absolute Gasteiger partial charge is 0.353 e. The number of allylic oxidation sites excluding steroid dienone is 2. The first-order valence-electron chi connectivity index (χ1n) is 7.55. The Labute approximate surface area is 117 Å². The van der Waals surface area contributed by atoms with Gasteiger partial charge >= 0.3 is 0 Å². The van der Waals surface area contributed by atoms with Gasteiger partial charge < -0.3 is 10.6 Å². The smallest absolute Gasteiger partial charge is 0.0991 e. The van der Waals surface area contributed by atoms with E-state index in [0.29, 0.717) is 30.6 Å². The molecule has 3 aliphatic rings. The minimum atomic E-state index is 0.331. The van der Waals surface area contributed by atoms with Gasteiger partial charge in [0.05, 0.1) is 20.1 Å². The van der Waals surface area contributed by atoms with Crippen molar-refractivity contribution in [2.75, 3.05) is 6.54 Å². The molecule has 2 fully saturated rings. The fourth-order valence-electron chi connectivity index (χ4n) is 3.86. The Morgan fingerprint density at radius 2 is 2.11 bits per heavy atom. The minimum absolute atomic E-state index is 0.331. The first kappa shape index (κ1) is 13.3. The van der Waals surface area contributed by atoms with Crippen molar-refractivity contribution in [2.45, 2.75) is 56.7 Å². The summed E-state index contributed by atoms with van der Waals surface area (Å²) >= 11 is 0. The third kappa shape index (κ3) is 2.48. The van der Waals surface area contributed by atoms with E-state index in [-0.39, 0.29) is 0 Å². The van der Waals surface area contributed by atoms with Gasteiger partial charge in [-0.15, -0.1) is 0 Å². The first-order chi connectivity index (χ1) is 9.19. The van der Waals surface area contributed by atoms with E-state index in [0.717, 1.165) is 18.8 Å². The Morgan fingerprint density at radius 3 is 2.79 bits per heavy atom. The summed E-state index contributed by atoms with van der Waals surface area (Å²) in [5.74, 6) is 1.14. The van der Waals surface area contributed by atoms with Gasteiger partial charge in [-0.05, 0) is 37.3 Å². The molecule has 4 heteroatoms. The van der Waals surface area contributed by atoms with Crippen molar-refractivity contribution in [3.63, 3.8) is 0 Å². The summed E-state index contributed by atoms with van der Waals surface area (Å²) in [6.07, 6.45) is 11.8. The van der Waals surface area contributed by atoms with Crippen molar-refractivity contribution in [2.24, 2.45) is 11.7 Å². The number of fused-ring (bicyclic) bond motifs is 1. The van der Waals surface area contributed by atoms with Gasteiger partial charge in [0, 0.05) is 18.8 Å². The third-order valence-corrected chi connectivity index (χ3v) is 4.94. The van der Waals surface area contributed by atoms with Gasteiger partial charge in [0.15, 0.2) is 0 Å². The zero-order chi connectivity index (χ0) is 13.4. The normalized spacial score (nSPS) is 42.1. The second-order valence-corrected chi connectivity index (χ2v) is 6.29. The van der Waals surface area contributed by atoms with E-state index < -0.39 is 0 Å². The molecular formula is C15H24BN3. The molecule has 0 amide bonds. The SMILES string of the molecule is [B]C1CCC(C2NC3C=CC(C)=CN3C2CN)CC1. The van der Waals surface area contributed by atoms with Crippen LogP contribution >= 0.6 is 0 Å². The molecule has 3 N–H and O–H groups in total. The van der Waals surface area contributed by atoms with Crippen LogP contribution in [0, 0.1) is 5.92 Å². The van der Waals surface area contributed by atoms with Gasteiger partial charge in [-0.25, -0.2) is 0 Å². The van der Waals surface area contributed by atoms with Crippen LogP contribution in [0.5, 0.6) is 0 Å². The topological polar surface area (TPSA) is 41.3 Å². The van der Waals surface area contributed by atoms with Crippen LogP contribution in [0.4, 0.5) is 0 Å². The average Bonchev–Trinajstić information content (AvgIpc) is 2.77. The summed E-state index contributed by atoms with van der Waals surface area (Å²) in [6.45, 7) is 2.86. The molecule has 0 aromatic carbocycles. The molecule has 2 heterocycles. The van der Waals surface area contributed by atoms with E-state index in [9.17, 15) is 0 Å². The van der Waals surface area contributed by atoms with Crippen molar-refractivity contribution in [3.8, 4) is 0 Å². The van der Waals surface area contributed by atoms with Crippen molar-refractivity contribution >= 4 is 7.85 Å². The number of rotatable bonds is 2. The molecule has 3 atom stereocenters. The predicted octanol–water partition coefficient (Wildman–Crippen LogP) is 1.53. The maximum absolute atomic E-state index is 6.05. The number of hydrogen-bond acceptors (Lipinski definition) is 3. The summed E-state index contributed by atoms with van der Waals surface area (Å²) in [5.41, 5.74) is 7.36. The van der Waals surface area contributed by atoms with Crippen LogP contribution in [0.25, 0.3) is 0 Å². The molecule has 102 valence electrons. The third-order valence-electron chi connectivity index (χ3n) is 4.94. The lowest BCUT2D eigenvalue weighted by atomic mass is 9.69. The Kier molecular flexibility index (Phi) is 3.72. The van der Waals surface area contributed by atoms with Crippen molar-refractivity contribution in [1.29, 1.82) is 0 Å². The molecule has 19 heavy (non-hydrogen) atoms. The Hall–Kier alpha value is -0.735. The maximum Gasteiger partial charge on any atom is 0.0991 e. The van der Waals surface area contributed by atoms with E-state index in [4.69, 9.17) is 13.6 Å². The first-order valence-corrected chi connectivity index (χ1v) is 7.55. The molecule has 1 saturated heterocycles. The second-order valence-electron chi connectivity index (χ2n) is 6.29. The van der Waals surface area contributed by atoms with Crippen LogP contribution in [-0.2, 0) is 0 Å².